The highest BCUT2D eigenvalue weighted by Crippen LogP contribution is 1.98. The highest BCUT2D eigenvalue weighted by atomic mass is 16.2. The van der Waals surface area contributed by atoms with Gasteiger partial charge in [0.2, 0.25) is 11.8 Å². The van der Waals surface area contributed by atoms with Crippen LogP contribution in [0.5, 0.6) is 0 Å². The van der Waals surface area contributed by atoms with Crippen LogP contribution in [-0.4, -0.2) is 71.2 Å². The lowest BCUT2D eigenvalue weighted by Gasteiger charge is -2.20. The number of rotatable bonds is 14. The van der Waals surface area contributed by atoms with Crippen LogP contribution in [0.4, 0.5) is 0 Å². The van der Waals surface area contributed by atoms with Gasteiger partial charge in [-0.1, -0.05) is 0 Å². The molecule has 2 atom stereocenters. The summed E-state index contributed by atoms with van der Waals surface area (Å²) in [6, 6.07) is 0.0215. The number of nitrogens with one attached hydrogen (secondary N) is 5. The molecule has 0 aromatic heterocycles. The number of amides is 2. The molecule has 0 aliphatic carbocycles. The van der Waals surface area contributed by atoms with Crippen molar-refractivity contribution in [3.63, 3.8) is 0 Å². The molecule has 0 aliphatic heterocycles. The van der Waals surface area contributed by atoms with Gasteiger partial charge in [0.25, 0.3) is 0 Å². The number of carbonyl (C=O) groups excluding carboxylic acids is 2. The molecule has 8 nitrogen and oxygen atoms in total. The molecule has 0 radical (unpaired) electrons. The SMILES string of the molecule is CNCCC[C@@H](CNC(=O)[C@H](CCCNC(=O)CN)NC)NC. The van der Waals surface area contributed by atoms with E-state index in [1.165, 1.54) is 0 Å². The number of hydrogen-bond donors (Lipinski definition) is 6. The largest absolute Gasteiger partial charge is 0.355 e. The Kier molecular flexibility index (Phi) is 13.6. The van der Waals surface area contributed by atoms with Crippen molar-refractivity contribution in [3.05, 3.63) is 0 Å². The molecule has 0 spiro atoms. The molecule has 8 heteroatoms. The van der Waals surface area contributed by atoms with Crippen molar-refractivity contribution >= 4 is 11.8 Å². The molecule has 7 N–H and O–H groups in total. The van der Waals surface area contributed by atoms with Crippen molar-refractivity contribution < 1.29 is 9.59 Å². The van der Waals surface area contributed by atoms with Gasteiger partial charge in [0, 0.05) is 19.1 Å². The quantitative estimate of drug-likeness (QED) is 0.208. The first-order valence-electron chi connectivity index (χ1n) is 8.32. The van der Waals surface area contributed by atoms with Crippen LogP contribution in [0, 0.1) is 0 Å². The number of hydrogen-bond acceptors (Lipinski definition) is 6. The van der Waals surface area contributed by atoms with Gasteiger partial charge < -0.3 is 32.3 Å². The van der Waals surface area contributed by atoms with Gasteiger partial charge in [-0.15, -0.1) is 0 Å². The molecule has 0 unspecified atom stereocenters. The maximum absolute atomic E-state index is 12.2. The number of nitrogens with two attached hydrogens (primary N) is 1. The monoisotopic (exact) mass is 330 g/mol. The Labute approximate surface area is 139 Å². The maximum atomic E-state index is 12.2. The molecule has 0 saturated heterocycles. The standard InChI is InChI=1S/C15H34N6O2/c1-17-8-4-6-12(18-2)11-21-15(23)13(19-3)7-5-9-20-14(22)10-16/h12-13,17-19H,4-11,16H2,1-3H3,(H,20,22)(H,21,23)/t12-,13-/m0/s1. The lowest BCUT2D eigenvalue weighted by molar-refractivity contribution is -0.123. The van der Waals surface area contributed by atoms with Crippen molar-refractivity contribution in [2.75, 3.05) is 47.3 Å². The average Bonchev–Trinajstić information content (AvgIpc) is 2.57. The average molecular weight is 330 g/mol. The van der Waals surface area contributed by atoms with Crippen LogP contribution in [0.3, 0.4) is 0 Å². The molecule has 136 valence electrons. The highest BCUT2D eigenvalue weighted by Gasteiger charge is 2.17. The summed E-state index contributed by atoms with van der Waals surface area (Å²) in [7, 11) is 5.61. The van der Waals surface area contributed by atoms with Crippen LogP contribution in [-0.2, 0) is 9.59 Å². The summed E-state index contributed by atoms with van der Waals surface area (Å²) in [5.74, 6) is -0.180. The zero-order chi connectivity index (χ0) is 17.5. The van der Waals surface area contributed by atoms with Crippen molar-refractivity contribution in [1.29, 1.82) is 0 Å². The summed E-state index contributed by atoms with van der Waals surface area (Å²) in [5, 5.41) is 15.0. The van der Waals surface area contributed by atoms with Gasteiger partial charge >= 0.3 is 0 Å². The van der Waals surface area contributed by atoms with Crippen molar-refractivity contribution in [2.24, 2.45) is 5.73 Å². The minimum Gasteiger partial charge on any atom is -0.355 e. The van der Waals surface area contributed by atoms with Gasteiger partial charge in [-0.2, -0.15) is 0 Å². The van der Waals surface area contributed by atoms with E-state index >= 15 is 0 Å². The summed E-state index contributed by atoms with van der Waals surface area (Å²) < 4.78 is 0. The maximum Gasteiger partial charge on any atom is 0.237 e. The molecule has 0 fully saturated rings. The Hall–Kier alpha value is -1.22. The van der Waals surface area contributed by atoms with Crippen LogP contribution >= 0.6 is 0 Å². The van der Waals surface area contributed by atoms with E-state index in [2.05, 4.69) is 26.6 Å². The second kappa shape index (κ2) is 14.4. The van der Waals surface area contributed by atoms with Crippen LogP contribution in [0.1, 0.15) is 25.7 Å². The fourth-order valence-electron chi connectivity index (χ4n) is 2.23. The molecular formula is C15H34N6O2. The molecule has 23 heavy (non-hydrogen) atoms. The molecular weight excluding hydrogens is 296 g/mol. The van der Waals surface area contributed by atoms with Crippen molar-refractivity contribution in [3.8, 4) is 0 Å². The third-order valence-corrected chi connectivity index (χ3v) is 3.75. The zero-order valence-corrected chi connectivity index (χ0v) is 14.7. The summed E-state index contributed by atoms with van der Waals surface area (Å²) in [5.41, 5.74) is 5.21. The Balaban J connectivity index is 4.00. The second-order valence-electron chi connectivity index (χ2n) is 5.51. The van der Waals surface area contributed by atoms with E-state index in [1.807, 2.05) is 14.1 Å². The van der Waals surface area contributed by atoms with Crippen LogP contribution in [0.15, 0.2) is 0 Å². The Bertz CT molecular complexity index is 327. The smallest absolute Gasteiger partial charge is 0.237 e. The topological polar surface area (TPSA) is 120 Å². The minimum absolute atomic E-state index is 0.00506. The van der Waals surface area contributed by atoms with E-state index in [0.717, 1.165) is 25.8 Å². The zero-order valence-electron chi connectivity index (χ0n) is 14.7. The Morgan fingerprint density at radius 3 is 2.22 bits per heavy atom. The summed E-state index contributed by atoms with van der Waals surface area (Å²) in [6.07, 6.45) is 3.46. The summed E-state index contributed by atoms with van der Waals surface area (Å²) in [6.45, 7) is 2.11. The van der Waals surface area contributed by atoms with E-state index in [-0.39, 0.29) is 30.4 Å². The van der Waals surface area contributed by atoms with Gasteiger partial charge in [0.15, 0.2) is 0 Å². The lowest BCUT2D eigenvalue weighted by atomic mass is 10.1. The lowest BCUT2D eigenvalue weighted by Crippen LogP contribution is -2.47. The first kappa shape index (κ1) is 21.8. The molecule has 0 aliphatic rings. The fraction of sp³-hybridized carbons (Fsp3) is 0.867. The van der Waals surface area contributed by atoms with Gasteiger partial charge in [0.05, 0.1) is 12.6 Å². The van der Waals surface area contributed by atoms with Gasteiger partial charge in [0.1, 0.15) is 0 Å². The van der Waals surface area contributed by atoms with Crippen LogP contribution < -0.4 is 32.3 Å². The van der Waals surface area contributed by atoms with Crippen molar-refractivity contribution in [2.45, 2.75) is 37.8 Å². The Morgan fingerprint density at radius 1 is 0.957 bits per heavy atom. The Morgan fingerprint density at radius 2 is 1.65 bits per heavy atom. The first-order chi connectivity index (χ1) is 11.1. The van der Waals surface area contributed by atoms with E-state index in [9.17, 15) is 9.59 Å². The van der Waals surface area contributed by atoms with E-state index in [1.54, 1.807) is 7.05 Å². The third-order valence-electron chi connectivity index (χ3n) is 3.75. The van der Waals surface area contributed by atoms with E-state index < -0.39 is 0 Å². The first-order valence-corrected chi connectivity index (χ1v) is 8.32. The van der Waals surface area contributed by atoms with E-state index in [0.29, 0.717) is 19.5 Å². The molecule has 0 bridgehead atoms. The molecule has 0 aromatic carbocycles. The molecule has 2 amide bonds. The predicted molar refractivity (Wildman–Crippen MR) is 93.2 cm³/mol. The van der Waals surface area contributed by atoms with Crippen molar-refractivity contribution in [1.82, 2.24) is 26.6 Å². The van der Waals surface area contributed by atoms with Crippen LogP contribution in [0.2, 0.25) is 0 Å². The third kappa shape index (κ3) is 11.0. The number of carbonyl (C=O) groups is 2. The van der Waals surface area contributed by atoms with Crippen LogP contribution in [0.25, 0.3) is 0 Å². The highest BCUT2D eigenvalue weighted by molar-refractivity contribution is 5.81. The fourth-order valence-corrected chi connectivity index (χ4v) is 2.23. The summed E-state index contributed by atoms with van der Waals surface area (Å²) >= 11 is 0. The molecule has 0 aromatic rings. The number of likely N-dealkylation sites (N-methyl/N-ethyl adjacent to an activating group) is 2. The molecule has 0 rings (SSSR count). The predicted octanol–water partition coefficient (Wildman–Crippen LogP) is -1.87. The molecule has 0 saturated carbocycles. The summed E-state index contributed by atoms with van der Waals surface area (Å²) in [4.78, 5) is 23.2. The van der Waals surface area contributed by atoms with Gasteiger partial charge in [-0.05, 0) is 53.4 Å². The normalized spacial score (nSPS) is 13.4. The minimum atomic E-state index is -0.250. The van der Waals surface area contributed by atoms with E-state index in [4.69, 9.17) is 5.73 Å². The second-order valence-corrected chi connectivity index (χ2v) is 5.51. The van der Waals surface area contributed by atoms with Gasteiger partial charge in [-0.25, -0.2) is 0 Å². The van der Waals surface area contributed by atoms with Gasteiger partial charge in [-0.3, -0.25) is 9.59 Å². The molecule has 0 heterocycles.